The number of alkyl halides is 3. The maximum atomic E-state index is 13.5. The standard InChI is InChI=1S/C21H20F3N7O2/c1-20(2,3)19-28-27-17(33-19)18(32)30-8-6-12-15(26-10-25-12)16(30)13-9-14-11(21(22,23)24)5-4-7-31(14)29-13/h4-5,7,9-10,16H,6,8H2,1-3H3,(H,25,26)/t16-/m0/s1. The van der Waals surface area contributed by atoms with Gasteiger partial charge < -0.3 is 14.3 Å². The normalized spacial score (nSPS) is 16.9. The van der Waals surface area contributed by atoms with Crippen molar-refractivity contribution >= 4 is 11.4 Å². The minimum absolute atomic E-state index is 0.108. The number of rotatable bonds is 2. The van der Waals surface area contributed by atoms with E-state index in [4.69, 9.17) is 4.42 Å². The van der Waals surface area contributed by atoms with Crippen molar-refractivity contribution in [1.82, 2.24) is 34.7 Å². The molecule has 1 N–H and O–H groups in total. The summed E-state index contributed by atoms with van der Waals surface area (Å²) in [5.74, 6) is -0.421. The summed E-state index contributed by atoms with van der Waals surface area (Å²) in [5, 5.41) is 12.2. The highest BCUT2D eigenvalue weighted by Crippen LogP contribution is 2.37. The molecule has 5 rings (SSSR count). The molecule has 4 aromatic heterocycles. The molecule has 0 saturated heterocycles. The zero-order valence-corrected chi connectivity index (χ0v) is 18.0. The largest absolute Gasteiger partial charge is 0.418 e. The van der Waals surface area contributed by atoms with E-state index < -0.39 is 29.1 Å². The molecule has 0 bridgehead atoms. The van der Waals surface area contributed by atoms with Gasteiger partial charge >= 0.3 is 18.0 Å². The molecular weight excluding hydrogens is 439 g/mol. The Morgan fingerprint density at radius 3 is 2.73 bits per heavy atom. The van der Waals surface area contributed by atoms with Crippen molar-refractivity contribution in [2.45, 2.75) is 44.8 Å². The summed E-state index contributed by atoms with van der Waals surface area (Å²) in [5.41, 5.74) is 0.191. The minimum Gasteiger partial charge on any atom is -0.416 e. The minimum atomic E-state index is -4.55. The first-order valence-electron chi connectivity index (χ1n) is 10.3. The van der Waals surface area contributed by atoms with Gasteiger partial charge in [0, 0.05) is 30.3 Å². The number of halogens is 3. The first kappa shape index (κ1) is 21.2. The number of carbonyl (C=O) groups is 1. The molecule has 0 aromatic carbocycles. The molecule has 1 aliphatic rings. The molecule has 172 valence electrons. The zero-order chi connectivity index (χ0) is 23.5. The van der Waals surface area contributed by atoms with E-state index in [1.54, 1.807) is 0 Å². The summed E-state index contributed by atoms with van der Waals surface area (Å²) in [4.78, 5) is 22.2. The third kappa shape index (κ3) is 3.55. The number of nitrogens with one attached hydrogen (secondary N) is 1. The number of hydrogen-bond acceptors (Lipinski definition) is 6. The van der Waals surface area contributed by atoms with Crippen molar-refractivity contribution in [3.8, 4) is 0 Å². The van der Waals surface area contributed by atoms with Gasteiger partial charge in [-0.3, -0.25) is 4.79 Å². The van der Waals surface area contributed by atoms with Gasteiger partial charge in [0.05, 0.1) is 28.8 Å². The lowest BCUT2D eigenvalue weighted by atomic mass is 9.97. The molecule has 0 saturated carbocycles. The van der Waals surface area contributed by atoms with Crippen LogP contribution in [0.1, 0.15) is 66.0 Å². The van der Waals surface area contributed by atoms with Gasteiger partial charge in [-0.05, 0) is 18.2 Å². The van der Waals surface area contributed by atoms with Crippen LogP contribution in [-0.2, 0) is 18.0 Å². The third-order valence-electron chi connectivity index (χ3n) is 5.54. The van der Waals surface area contributed by atoms with Crippen LogP contribution in [0.3, 0.4) is 0 Å². The molecule has 1 aliphatic heterocycles. The number of fused-ring (bicyclic) bond motifs is 2. The van der Waals surface area contributed by atoms with Crippen LogP contribution < -0.4 is 0 Å². The van der Waals surface area contributed by atoms with E-state index in [1.807, 2.05) is 20.8 Å². The Morgan fingerprint density at radius 2 is 2.03 bits per heavy atom. The third-order valence-corrected chi connectivity index (χ3v) is 5.54. The lowest BCUT2D eigenvalue weighted by Crippen LogP contribution is -2.41. The van der Waals surface area contributed by atoms with E-state index in [9.17, 15) is 18.0 Å². The molecular formula is C21H20F3N7O2. The Balaban J connectivity index is 1.61. The van der Waals surface area contributed by atoms with Crippen LogP contribution in [-0.4, -0.2) is 47.1 Å². The first-order valence-corrected chi connectivity index (χ1v) is 10.3. The van der Waals surface area contributed by atoms with Gasteiger partial charge in [0.25, 0.3) is 0 Å². The molecule has 0 radical (unpaired) electrons. The number of amides is 1. The van der Waals surface area contributed by atoms with E-state index in [1.165, 1.54) is 29.6 Å². The molecule has 0 spiro atoms. The van der Waals surface area contributed by atoms with Crippen molar-refractivity contribution in [1.29, 1.82) is 0 Å². The van der Waals surface area contributed by atoms with Gasteiger partial charge in [0.2, 0.25) is 5.89 Å². The van der Waals surface area contributed by atoms with Crippen molar-refractivity contribution in [3.63, 3.8) is 0 Å². The van der Waals surface area contributed by atoms with Gasteiger partial charge in [0.15, 0.2) is 0 Å². The van der Waals surface area contributed by atoms with Crippen molar-refractivity contribution in [2.24, 2.45) is 0 Å². The Hall–Kier alpha value is -3.70. The van der Waals surface area contributed by atoms with Crippen LogP contribution in [0.25, 0.3) is 5.52 Å². The summed E-state index contributed by atoms with van der Waals surface area (Å²) in [6.45, 7) is 5.90. The van der Waals surface area contributed by atoms with Gasteiger partial charge in [0.1, 0.15) is 6.04 Å². The highest BCUT2D eigenvalue weighted by molar-refractivity contribution is 5.90. The maximum absolute atomic E-state index is 13.5. The van der Waals surface area contributed by atoms with E-state index >= 15 is 0 Å². The Kier molecular flexibility index (Phi) is 4.59. The topological polar surface area (TPSA) is 105 Å². The van der Waals surface area contributed by atoms with Crippen LogP contribution in [0.15, 0.2) is 35.1 Å². The molecule has 5 heterocycles. The fourth-order valence-electron chi connectivity index (χ4n) is 3.94. The van der Waals surface area contributed by atoms with Crippen LogP contribution >= 0.6 is 0 Å². The number of carbonyl (C=O) groups excluding carboxylic acids is 1. The van der Waals surface area contributed by atoms with Crippen LogP contribution in [0.5, 0.6) is 0 Å². The summed E-state index contributed by atoms with van der Waals surface area (Å²) in [6.07, 6.45) is -1.14. The predicted molar refractivity (Wildman–Crippen MR) is 108 cm³/mol. The van der Waals surface area contributed by atoms with E-state index in [0.29, 0.717) is 18.0 Å². The molecule has 1 amide bonds. The number of imidazole rings is 1. The fraction of sp³-hybridized carbons (Fsp3) is 0.381. The zero-order valence-electron chi connectivity index (χ0n) is 18.0. The highest BCUT2D eigenvalue weighted by atomic mass is 19.4. The van der Waals surface area contributed by atoms with Gasteiger partial charge in [-0.15, -0.1) is 10.2 Å². The van der Waals surface area contributed by atoms with Gasteiger partial charge in [-0.1, -0.05) is 20.8 Å². The molecule has 0 aliphatic carbocycles. The molecule has 4 aromatic rings. The number of aromatic nitrogens is 6. The van der Waals surface area contributed by atoms with E-state index in [2.05, 4.69) is 25.3 Å². The molecule has 1 atom stereocenters. The van der Waals surface area contributed by atoms with Gasteiger partial charge in [-0.2, -0.15) is 18.3 Å². The summed E-state index contributed by atoms with van der Waals surface area (Å²) in [7, 11) is 0. The van der Waals surface area contributed by atoms with Crippen molar-refractivity contribution < 1.29 is 22.4 Å². The Bertz CT molecular complexity index is 1350. The van der Waals surface area contributed by atoms with Crippen LogP contribution in [0, 0.1) is 0 Å². The molecule has 0 unspecified atom stereocenters. The van der Waals surface area contributed by atoms with Crippen LogP contribution in [0.2, 0.25) is 0 Å². The van der Waals surface area contributed by atoms with Crippen molar-refractivity contribution in [3.05, 3.63) is 65.1 Å². The lowest BCUT2D eigenvalue weighted by Gasteiger charge is -2.32. The lowest BCUT2D eigenvalue weighted by molar-refractivity contribution is -0.136. The molecule has 12 heteroatoms. The first-order chi connectivity index (χ1) is 15.5. The maximum Gasteiger partial charge on any atom is 0.418 e. The second-order valence-corrected chi connectivity index (χ2v) is 8.90. The molecule has 33 heavy (non-hydrogen) atoms. The number of H-pyrrole nitrogens is 1. The predicted octanol–water partition coefficient (Wildman–Crippen LogP) is 3.54. The summed E-state index contributed by atoms with van der Waals surface area (Å²) >= 11 is 0. The smallest absolute Gasteiger partial charge is 0.416 e. The summed E-state index contributed by atoms with van der Waals surface area (Å²) < 4.78 is 47.4. The summed E-state index contributed by atoms with van der Waals surface area (Å²) in [6, 6.07) is 2.80. The van der Waals surface area contributed by atoms with E-state index in [-0.39, 0.29) is 23.6 Å². The average Bonchev–Trinajstić information content (AvgIpc) is 3.49. The Labute approximate surface area is 185 Å². The van der Waals surface area contributed by atoms with E-state index in [0.717, 1.165) is 16.3 Å². The van der Waals surface area contributed by atoms with Crippen molar-refractivity contribution in [2.75, 3.05) is 6.54 Å². The number of hydrogen-bond donors (Lipinski definition) is 1. The highest BCUT2D eigenvalue weighted by Gasteiger charge is 2.40. The SMILES string of the molecule is CC(C)(C)c1nnc(C(=O)N2CCc3[nH]cnc3[C@@H]2c2cc3c(C(F)(F)F)cccn3n2)o1. The average molecular weight is 459 g/mol. The second kappa shape index (κ2) is 7.15. The number of pyridine rings is 1. The molecule has 9 nitrogen and oxygen atoms in total. The van der Waals surface area contributed by atoms with Gasteiger partial charge in [-0.25, -0.2) is 9.50 Å². The van der Waals surface area contributed by atoms with Crippen LogP contribution in [0.4, 0.5) is 13.2 Å². The number of nitrogens with zero attached hydrogens (tertiary/aromatic N) is 6. The number of aromatic amines is 1. The molecule has 0 fully saturated rings. The monoisotopic (exact) mass is 459 g/mol. The Morgan fingerprint density at radius 1 is 1.24 bits per heavy atom. The quantitative estimate of drug-likeness (QED) is 0.492. The second-order valence-electron chi connectivity index (χ2n) is 8.90. The fourth-order valence-corrected chi connectivity index (χ4v) is 3.94.